The van der Waals surface area contributed by atoms with Crippen molar-refractivity contribution in [3.05, 3.63) is 0 Å². The molecule has 110 valence electrons. The van der Waals surface area contributed by atoms with E-state index in [2.05, 4.69) is 5.32 Å². The van der Waals surface area contributed by atoms with Crippen LogP contribution in [0.1, 0.15) is 47.5 Å². The molecule has 4 heteroatoms. The molecular weight excluding hydrogens is 240 g/mol. The molecular formula is C15H28N2O2. The van der Waals surface area contributed by atoms with Crippen LogP contribution in [0.3, 0.4) is 0 Å². The molecule has 0 aromatic heterocycles. The molecule has 0 bridgehead atoms. The summed E-state index contributed by atoms with van der Waals surface area (Å²) in [7, 11) is 1.67. The molecule has 0 aromatic rings. The lowest BCUT2D eigenvalue weighted by Crippen LogP contribution is -2.39. The van der Waals surface area contributed by atoms with Crippen molar-refractivity contribution < 1.29 is 9.59 Å². The number of likely N-dealkylation sites (tertiary alicyclic amines) is 1. The van der Waals surface area contributed by atoms with E-state index in [1.54, 1.807) is 7.05 Å². The first-order chi connectivity index (χ1) is 8.58. The van der Waals surface area contributed by atoms with E-state index < -0.39 is 0 Å². The molecule has 1 saturated heterocycles. The maximum absolute atomic E-state index is 12.2. The summed E-state index contributed by atoms with van der Waals surface area (Å²) in [6.07, 6.45) is 1.84. The van der Waals surface area contributed by atoms with E-state index in [9.17, 15) is 9.59 Å². The van der Waals surface area contributed by atoms with Crippen LogP contribution in [0.25, 0.3) is 0 Å². The first-order valence-electron chi connectivity index (χ1n) is 7.09. The molecule has 0 aromatic carbocycles. The van der Waals surface area contributed by atoms with E-state index in [1.807, 2.05) is 39.5 Å². The van der Waals surface area contributed by atoms with E-state index in [0.717, 1.165) is 25.9 Å². The Morgan fingerprint density at radius 1 is 1.21 bits per heavy atom. The number of carbonyl (C=O) groups is 2. The molecule has 1 unspecified atom stereocenters. The molecule has 2 amide bonds. The fraction of sp³-hybridized carbons (Fsp3) is 0.867. The van der Waals surface area contributed by atoms with Gasteiger partial charge >= 0.3 is 0 Å². The van der Waals surface area contributed by atoms with Crippen LogP contribution in [0.2, 0.25) is 0 Å². The van der Waals surface area contributed by atoms with Crippen LogP contribution in [0.5, 0.6) is 0 Å². The Bertz CT molecular complexity index is 356. The summed E-state index contributed by atoms with van der Waals surface area (Å²) in [4.78, 5) is 26.0. The van der Waals surface area contributed by atoms with Crippen molar-refractivity contribution >= 4 is 11.8 Å². The van der Waals surface area contributed by atoms with Crippen LogP contribution in [0.4, 0.5) is 0 Å². The third-order valence-corrected chi connectivity index (χ3v) is 3.86. The largest absolute Gasteiger partial charge is 0.359 e. The monoisotopic (exact) mass is 268 g/mol. The smallest absolute Gasteiger partial charge is 0.227 e. The number of nitrogens with one attached hydrogen (secondary N) is 1. The van der Waals surface area contributed by atoms with Crippen LogP contribution in [-0.4, -0.2) is 36.9 Å². The third-order valence-electron chi connectivity index (χ3n) is 3.86. The Morgan fingerprint density at radius 2 is 1.79 bits per heavy atom. The van der Waals surface area contributed by atoms with Crippen LogP contribution in [0.15, 0.2) is 0 Å². The lowest BCUT2D eigenvalue weighted by atomic mass is 9.81. The molecule has 1 aliphatic heterocycles. The molecule has 0 radical (unpaired) electrons. The minimum atomic E-state index is -0.361. The predicted octanol–water partition coefficient (Wildman–Crippen LogP) is 2.04. The number of carbonyl (C=O) groups excluding carboxylic acids is 2. The first kappa shape index (κ1) is 16.0. The van der Waals surface area contributed by atoms with Crippen LogP contribution < -0.4 is 5.32 Å². The summed E-state index contributed by atoms with van der Waals surface area (Å²) >= 11 is 0. The zero-order valence-corrected chi connectivity index (χ0v) is 13.2. The molecule has 19 heavy (non-hydrogen) atoms. The van der Waals surface area contributed by atoms with Gasteiger partial charge in [-0.25, -0.2) is 0 Å². The van der Waals surface area contributed by atoms with E-state index in [1.165, 1.54) is 0 Å². The second-order valence-electron chi connectivity index (χ2n) is 7.32. The van der Waals surface area contributed by atoms with Gasteiger partial charge in [0.15, 0.2) is 0 Å². The van der Waals surface area contributed by atoms with Gasteiger partial charge in [0.2, 0.25) is 11.8 Å². The quantitative estimate of drug-likeness (QED) is 0.851. The molecule has 1 fully saturated rings. The molecule has 0 spiro atoms. The Hall–Kier alpha value is -1.06. The van der Waals surface area contributed by atoms with Gasteiger partial charge < -0.3 is 10.2 Å². The zero-order chi connectivity index (χ0) is 14.8. The van der Waals surface area contributed by atoms with Gasteiger partial charge in [-0.2, -0.15) is 0 Å². The summed E-state index contributed by atoms with van der Waals surface area (Å²) < 4.78 is 0. The van der Waals surface area contributed by atoms with Gasteiger partial charge in [0.1, 0.15) is 0 Å². The van der Waals surface area contributed by atoms with Gasteiger partial charge in [-0.3, -0.25) is 9.59 Å². The molecule has 1 heterocycles. The summed E-state index contributed by atoms with van der Waals surface area (Å²) in [6, 6.07) is 0. The maximum Gasteiger partial charge on any atom is 0.227 e. The maximum atomic E-state index is 12.2. The molecule has 4 nitrogen and oxygen atoms in total. The topological polar surface area (TPSA) is 49.4 Å². The van der Waals surface area contributed by atoms with Crippen molar-refractivity contribution in [3.63, 3.8) is 0 Å². The second-order valence-corrected chi connectivity index (χ2v) is 7.32. The summed E-state index contributed by atoms with van der Waals surface area (Å²) in [5.74, 6) is 0.722. The van der Waals surface area contributed by atoms with E-state index in [4.69, 9.17) is 0 Å². The third kappa shape index (κ3) is 3.95. The average Bonchev–Trinajstić information content (AvgIpc) is 2.73. The number of hydrogen-bond acceptors (Lipinski definition) is 2. The van der Waals surface area contributed by atoms with Gasteiger partial charge in [-0.1, -0.05) is 34.6 Å². The Kier molecular flexibility index (Phi) is 4.64. The minimum Gasteiger partial charge on any atom is -0.359 e. The Balaban J connectivity index is 2.58. The van der Waals surface area contributed by atoms with Gasteiger partial charge in [-0.15, -0.1) is 0 Å². The van der Waals surface area contributed by atoms with Crippen LogP contribution in [0, 0.1) is 16.7 Å². The number of nitrogens with zero attached hydrogens (tertiary/aromatic N) is 1. The highest BCUT2D eigenvalue weighted by Gasteiger charge is 2.37. The van der Waals surface area contributed by atoms with Crippen molar-refractivity contribution in [2.45, 2.75) is 47.5 Å². The number of rotatable bonds is 3. The molecule has 0 aliphatic carbocycles. The lowest BCUT2D eigenvalue weighted by Gasteiger charge is -2.28. The fourth-order valence-corrected chi connectivity index (χ4v) is 2.81. The zero-order valence-electron chi connectivity index (χ0n) is 13.2. The van der Waals surface area contributed by atoms with Gasteiger partial charge in [0.25, 0.3) is 0 Å². The molecule has 0 saturated carbocycles. The molecule has 1 N–H and O–H groups in total. The summed E-state index contributed by atoms with van der Waals surface area (Å²) in [6.45, 7) is 11.4. The Labute approximate surface area is 116 Å². The number of amides is 2. The Morgan fingerprint density at radius 3 is 2.26 bits per heavy atom. The normalized spacial score (nSPS) is 20.5. The van der Waals surface area contributed by atoms with Crippen LogP contribution >= 0.6 is 0 Å². The van der Waals surface area contributed by atoms with E-state index >= 15 is 0 Å². The van der Waals surface area contributed by atoms with Gasteiger partial charge in [0, 0.05) is 31.0 Å². The lowest BCUT2D eigenvalue weighted by molar-refractivity contribution is -0.138. The molecule has 1 atom stereocenters. The predicted molar refractivity (Wildman–Crippen MR) is 76.6 cm³/mol. The minimum absolute atomic E-state index is 0.0769. The SMILES string of the molecule is CNC(=O)C(C)(C)CC1CCN(C(=O)C(C)(C)C)C1. The highest BCUT2D eigenvalue weighted by Crippen LogP contribution is 2.32. The first-order valence-corrected chi connectivity index (χ1v) is 7.09. The fourth-order valence-electron chi connectivity index (χ4n) is 2.81. The van der Waals surface area contributed by atoms with Gasteiger partial charge in [-0.05, 0) is 18.8 Å². The van der Waals surface area contributed by atoms with Crippen molar-refractivity contribution in [1.82, 2.24) is 10.2 Å². The van der Waals surface area contributed by atoms with Crippen LogP contribution in [-0.2, 0) is 9.59 Å². The van der Waals surface area contributed by atoms with Crippen molar-refractivity contribution in [2.75, 3.05) is 20.1 Å². The van der Waals surface area contributed by atoms with Crippen molar-refractivity contribution in [1.29, 1.82) is 0 Å². The van der Waals surface area contributed by atoms with E-state index in [-0.39, 0.29) is 22.6 Å². The summed E-state index contributed by atoms with van der Waals surface area (Å²) in [5.41, 5.74) is -0.675. The average molecular weight is 268 g/mol. The standard InChI is InChI=1S/C15H28N2O2/c1-14(2,3)13(19)17-8-7-11(10-17)9-15(4,5)12(18)16-6/h11H,7-10H2,1-6H3,(H,16,18). The van der Waals surface area contributed by atoms with E-state index in [0.29, 0.717) is 5.92 Å². The summed E-state index contributed by atoms with van der Waals surface area (Å²) in [5, 5.41) is 2.72. The van der Waals surface area contributed by atoms with Crippen molar-refractivity contribution in [2.24, 2.45) is 16.7 Å². The highest BCUT2D eigenvalue weighted by molar-refractivity contribution is 5.82. The van der Waals surface area contributed by atoms with Crippen molar-refractivity contribution in [3.8, 4) is 0 Å². The van der Waals surface area contributed by atoms with Gasteiger partial charge in [0.05, 0.1) is 0 Å². The molecule has 1 aliphatic rings. The number of hydrogen-bond donors (Lipinski definition) is 1. The highest BCUT2D eigenvalue weighted by atomic mass is 16.2. The second kappa shape index (κ2) is 5.51. The molecule has 1 rings (SSSR count).